The number of nitrogen functional groups attached to an aromatic ring is 2. The Morgan fingerprint density at radius 3 is 2.23 bits per heavy atom. The molecule has 1 aromatic heterocycles. The molecule has 1 aromatic rings. The first-order valence-electron chi connectivity index (χ1n) is 3.15. The number of halogens is 1. The monoisotopic (exact) mass is 196 g/mol. The van der Waals surface area contributed by atoms with Crippen molar-refractivity contribution in [3.63, 3.8) is 0 Å². The maximum atomic E-state index is 8.36. The van der Waals surface area contributed by atoms with Gasteiger partial charge in [-0.3, -0.25) is 4.79 Å². The van der Waals surface area contributed by atoms with E-state index in [1.807, 2.05) is 0 Å². The molecule has 0 radical (unpaired) electrons. The summed E-state index contributed by atoms with van der Waals surface area (Å²) in [4.78, 5) is 15.9. The molecule has 0 saturated carbocycles. The molecule has 0 saturated heterocycles. The van der Waals surface area contributed by atoms with E-state index in [-0.39, 0.29) is 17.4 Å². The summed E-state index contributed by atoms with van der Waals surface area (Å²) in [7, 11) is 0. The Hall–Kier alpha value is -0.963. The summed E-state index contributed by atoms with van der Waals surface area (Å²) in [6, 6.07) is 0. The van der Waals surface area contributed by atoms with Crippen LogP contribution < -0.4 is 15.8 Å². The molecule has 6 nitrogen and oxygen atoms in total. The number of anilines is 2. The van der Waals surface area contributed by atoms with Gasteiger partial charge in [0.1, 0.15) is 0 Å². The van der Waals surface area contributed by atoms with E-state index in [2.05, 4.69) is 9.97 Å². The summed E-state index contributed by atoms with van der Waals surface area (Å²) in [6.45, 7) is -0.250. The van der Waals surface area contributed by atoms with Gasteiger partial charge in [-0.25, -0.2) is 0 Å². The van der Waals surface area contributed by atoms with Crippen LogP contribution in [0, 0.1) is 0 Å². The Bertz CT molecular complexity index is 259. The number of hydrogen-bond acceptors (Lipinski definition) is 5. The van der Waals surface area contributed by atoms with Gasteiger partial charge in [0.15, 0.2) is 0 Å². The standard InChI is InChI=1S/C4H4ClN4.CH2O2.Li/c5-3-4(7)9-2(6)1-8-3;2-1-3;/h(H4,6,7,9);1H,(H,2,3);. The number of nitrogens with two attached hydrogens (primary N) is 2. The Morgan fingerprint density at radius 1 is 1.38 bits per heavy atom. The molecule has 0 amide bonds. The number of rotatable bonds is 0. The van der Waals surface area contributed by atoms with Crippen LogP contribution in [0.2, 0.25) is 5.15 Å². The predicted molar refractivity (Wildman–Crippen MR) is 49.9 cm³/mol. The molecule has 0 atom stereocenters. The summed E-state index contributed by atoms with van der Waals surface area (Å²) < 4.78 is 0.596. The number of carbonyl (C=O) groups is 1. The van der Waals surface area contributed by atoms with Crippen molar-refractivity contribution < 1.29 is 9.90 Å². The van der Waals surface area contributed by atoms with E-state index < -0.39 is 0 Å². The van der Waals surface area contributed by atoms with Crippen molar-refractivity contribution in [2.45, 2.75) is 0 Å². The SMILES string of the molecule is O=CO.[Li][c]1nc(Cl)c(N)nc1N. The third kappa shape index (κ3) is 3.99. The van der Waals surface area contributed by atoms with E-state index in [0.717, 1.165) is 0 Å². The van der Waals surface area contributed by atoms with Gasteiger partial charge in [0.05, 0.1) is 0 Å². The third-order valence-corrected chi connectivity index (χ3v) is 1.37. The van der Waals surface area contributed by atoms with E-state index in [1.54, 1.807) is 17.7 Å². The van der Waals surface area contributed by atoms with Crippen LogP contribution in [-0.2, 0) is 4.79 Å². The van der Waals surface area contributed by atoms with Crippen LogP contribution in [0.15, 0.2) is 0 Å². The van der Waals surface area contributed by atoms with E-state index >= 15 is 0 Å². The summed E-state index contributed by atoms with van der Waals surface area (Å²) >= 11 is 7.25. The molecule has 8 heteroatoms. The molecule has 0 aliphatic rings. The van der Waals surface area contributed by atoms with Crippen molar-refractivity contribution in [1.82, 2.24) is 9.97 Å². The van der Waals surface area contributed by atoms with Crippen molar-refractivity contribution >= 4 is 51.8 Å². The van der Waals surface area contributed by atoms with Gasteiger partial charge >= 0.3 is 71.9 Å². The van der Waals surface area contributed by atoms with E-state index in [0.29, 0.717) is 10.2 Å². The second kappa shape index (κ2) is 5.64. The fraction of sp³-hybridized carbons (Fsp3) is 0. The molecule has 0 aliphatic heterocycles. The van der Waals surface area contributed by atoms with Crippen LogP contribution in [0.1, 0.15) is 0 Å². The van der Waals surface area contributed by atoms with E-state index in [4.69, 9.17) is 33.0 Å². The van der Waals surface area contributed by atoms with Crippen LogP contribution in [0.4, 0.5) is 11.6 Å². The molecule has 0 spiro atoms. The van der Waals surface area contributed by atoms with Crippen molar-refractivity contribution in [3.8, 4) is 0 Å². The van der Waals surface area contributed by atoms with Gasteiger partial charge in [-0.1, -0.05) is 0 Å². The van der Waals surface area contributed by atoms with Gasteiger partial charge in [-0.2, -0.15) is 0 Å². The van der Waals surface area contributed by atoms with Gasteiger partial charge in [-0.15, -0.1) is 0 Å². The number of hydrogen-bond donors (Lipinski definition) is 3. The van der Waals surface area contributed by atoms with Crippen LogP contribution in [-0.4, -0.2) is 39.3 Å². The van der Waals surface area contributed by atoms with E-state index in [1.165, 1.54) is 0 Å². The molecule has 13 heavy (non-hydrogen) atoms. The molecule has 66 valence electrons. The minimum atomic E-state index is -0.250. The third-order valence-electron chi connectivity index (χ3n) is 1.09. The first kappa shape index (κ1) is 12.0. The van der Waals surface area contributed by atoms with Crippen molar-refractivity contribution in [2.75, 3.05) is 11.5 Å². The zero-order valence-corrected chi connectivity index (χ0v) is 7.62. The van der Waals surface area contributed by atoms with Gasteiger partial charge in [-0.05, 0) is 0 Å². The first-order chi connectivity index (χ1) is 6.02. The molecule has 5 N–H and O–H groups in total. The van der Waals surface area contributed by atoms with Gasteiger partial charge in [0.2, 0.25) is 0 Å². The van der Waals surface area contributed by atoms with Crippen LogP contribution >= 0.6 is 11.6 Å². The van der Waals surface area contributed by atoms with Crippen LogP contribution in [0.25, 0.3) is 0 Å². The molecular formula is C5H6ClLiN4O2. The molecule has 0 aromatic carbocycles. The van der Waals surface area contributed by atoms with Crippen LogP contribution in [0.5, 0.6) is 0 Å². The Kier molecular flexibility index (Phi) is 5.23. The van der Waals surface area contributed by atoms with Gasteiger partial charge < -0.3 is 5.11 Å². The topological polar surface area (TPSA) is 115 Å². The summed E-state index contributed by atoms with van der Waals surface area (Å²) in [5.74, 6) is 0.492. The molecule has 0 bridgehead atoms. The van der Waals surface area contributed by atoms with Crippen molar-refractivity contribution in [2.24, 2.45) is 0 Å². The molecule has 0 fully saturated rings. The quantitative estimate of drug-likeness (QED) is 0.354. The normalized spacial score (nSPS) is 8.54. The zero-order chi connectivity index (χ0) is 10.4. The second-order valence-electron chi connectivity index (χ2n) is 1.98. The summed E-state index contributed by atoms with van der Waals surface area (Å²) in [5, 5.41) is 7.09. The Morgan fingerprint density at radius 2 is 1.85 bits per heavy atom. The van der Waals surface area contributed by atoms with Gasteiger partial charge in [0.25, 0.3) is 6.47 Å². The first-order valence-corrected chi connectivity index (χ1v) is 3.53. The fourth-order valence-corrected chi connectivity index (χ4v) is 0.688. The second-order valence-corrected chi connectivity index (χ2v) is 2.33. The Labute approximate surface area is 88.5 Å². The molecular weight excluding hydrogens is 190 g/mol. The molecule has 1 heterocycles. The van der Waals surface area contributed by atoms with E-state index in [9.17, 15) is 0 Å². The number of carboxylic acid groups (broad SMARTS) is 1. The average Bonchev–Trinajstić information content (AvgIpc) is 2.03. The predicted octanol–water partition coefficient (Wildman–Crippen LogP) is -1.21. The number of nitrogens with zero attached hydrogens (tertiary/aromatic N) is 2. The fourth-order valence-electron chi connectivity index (χ4n) is 0.519. The molecule has 0 aliphatic carbocycles. The Balaban J connectivity index is 0.000000424. The van der Waals surface area contributed by atoms with Crippen LogP contribution in [0.3, 0.4) is 0 Å². The molecule has 0 unspecified atom stereocenters. The summed E-state index contributed by atoms with van der Waals surface area (Å²) in [5.41, 5.74) is 10.7. The zero-order valence-electron chi connectivity index (χ0n) is 6.86. The molecule has 1 rings (SSSR count). The minimum absolute atomic E-state index is 0.171. The van der Waals surface area contributed by atoms with Crippen molar-refractivity contribution in [1.29, 1.82) is 0 Å². The van der Waals surface area contributed by atoms with Crippen molar-refractivity contribution in [3.05, 3.63) is 5.15 Å². The van der Waals surface area contributed by atoms with Gasteiger partial charge in [0, 0.05) is 0 Å². The maximum absolute atomic E-state index is 8.36. The number of aromatic nitrogens is 2. The summed E-state index contributed by atoms with van der Waals surface area (Å²) in [6.07, 6.45) is 0. The average molecular weight is 197 g/mol.